The quantitative estimate of drug-likeness (QED) is 0.893. The summed E-state index contributed by atoms with van der Waals surface area (Å²) in [5.74, 6) is 0.462. The molecule has 0 radical (unpaired) electrons. The van der Waals surface area contributed by atoms with Gasteiger partial charge in [0.15, 0.2) is 0 Å². The lowest BCUT2D eigenvalue weighted by Crippen LogP contribution is -2.64. The van der Waals surface area contributed by atoms with Crippen LogP contribution in [0.1, 0.15) is 51.9 Å². The van der Waals surface area contributed by atoms with Crippen molar-refractivity contribution < 1.29 is 9.13 Å². The van der Waals surface area contributed by atoms with Crippen LogP contribution in [-0.2, 0) is 0 Å². The molecule has 0 amide bonds. The van der Waals surface area contributed by atoms with Crippen LogP contribution in [0.2, 0.25) is 0 Å². The lowest BCUT2D eigenvalue weighted by molar-refractivity contribution is -0.0901. The maximum Gasteiger partial charge on any atom is 0.126 e. The normalized spacial score (nSPS) is 27.9. The Balaban J connectivity index is 1.75. The number of hydrogen-bond acceptors (Lipinski definition) is 2. The van der Waals surface area contributed by atoms with E-state index in [4.69, 9.17) is 4.74 Å². The summed E-state index contributed by atoms with van der Waals surface area (Å²) in [6, 6.07) is 7.14. The second-order valence-corrected chi connectivity index (χ2v) is 6.56. The minimum atomic E-state index is -0.218. The Morgan fingerprint density at radius 1 is 1.24 bits per heavy atom. The topological polar surface area (TPSA) is 21.3 Å². The molecule has 1 spiro atoms. The second-order valence-electron chi connectivity index (χ2n) is 6.56. The zero-order valence-electron chi connectivity index (χ0n) is 12.9. The Morgan fingerprint density at radius 2 is 2.00 bits per heavy atom. The van der Waals surface area contributed by atoms with Crippen LogP contribution in [0.4, 0.5) is 4.39 Å². The van der Waals surface area contributed by atoms with Crippen molar-refractivity contribution in [2.45, 2.75) is 64.0 Å². The SMILES string of the molecule is CCNC1CC(Oc2cccc(F)c2)C12CCCCCC2. The molecule has 116 valence electrons. The molecule has 3 rings (SSSR count). The van der Waals surface area contributed by atoms with Gasteiger partial charge in [-0.05, 0) is 31.5 Å². The van der Waals surface area contributed by atoms with Gasteiger partial charge in [0.1, 0.15) is 17.7 Å². The predicted octanol–water partition coefficient (Wildman–Crippen LogP) is 4.30. The van der Waals surface area contributed by atoms with E-state index in [1.807, 2.05) is 6.07 Å². The summed E-state index contributed by atoms with van der Waals surface area (Å²) in [7, 11) is 0. The molecule has 0 aromatic heterocycles. The maximum atomic E-state index is 13.3. The summed E-state index contributed by atoms with van der Waals surface area (Å²) in [5, 5.41) is 3.64. The van der Waals surface area contributed by atoms with E-state index in [2.05, 4.69) is 12.2 Å². The Hall–Kier alpha value is -1.09. The third-order valence-corrected chi connectivity index (χ3v) is 5.34. The summed E-state index contributed by atoms with van der Waals surface area (Å²) >= 11 is 0. The van der Waals surface area contributed by atoms with Crippen molar-refractivity contribution in [3.05, 3.63) is 30.1 Å². The first-order valence-corrected chi connectivity index (χ1v) is 8.40. The fraction of sp³-hybridized carbons (Fsp3) is 0.667. The Bertz CT molecular complexity index is 468. The summed E-state index contributed by atoms with van der Waals surface area (Å²) < 4.78 is 19.5. The Labute approximate surface area is 127 Å². The average Bonchev–Trinajstić information content (AvgIpc) is 2.74. The number of rotatable bonds is 4. The molecule has 21 heavy (non-hydrogen) atoms. The minimum absolute atomic E-state index is 0.218. The largest absolute Gasteiger partial charge is 0.490 e. The van der Waals surface area contributed by atoms with Gasteiger partial charge in [-0.2, -0.15) is 0 Å². The van der Waals surface area contributed by atoms with E-state index in [0.717, 1.165) is 13.0 Å². The summed E-state index contributed by atoms with van der Waals surface area (Å²) in [6.45, 7) is 3.18. The minimum Gasteiger partial charge on any atom is -0.490 e. The highest BCUT2D eigenvalue weighted by atomic mass is 19.1. The Morgan fingerprint density at radius 3 is 2.67 bits per heavy atom. The van der Waals surface area contributed by atoms with E-state index in [-0.39, 0.29) is 17.3 Å². The van der Waals surface area contributed by atoms with Gasteiger partial charge in [0, 0.05) is 23.9 Å². The van der Waals surface area contributed by atoms with E-state index < -0.39 is 0 Å². The molecule has 2 aliphatic carbocycles. The second kappa shape index (κ2) is 6.35. The Kier molecular flexibility index (Phi) is 4.48. The van der Waals surface area contributed by atoms with E-state index in [9.17, 15) is 4.39 Å². The highest BCUT2D eigenvalue weighted by Gasteiger charge is 2.55. The molecule has 1 aromatic carbocycles. The average molecular weight is 291 g/mol. The van der Waals surface area contributed by atoms with E-state index in [0.29, 0.717) is 11.8 Å². The summed E-state index contributed by atoms with van der Waals surface area (Å²) in [4.78, 5) is 0. The fourth-order valence-electron chi connectivity index (χ4n) is 4.21. The van der Waals surface area contributed by atoms with Gasteiger partial charge < -0.3 is 10.1 Å². The van der Waals surface area contributed by atoms with Gasteiger partial charge in [-0.15, -0.1) is 0 Å². The van der Waals surface area contributed by atoms with Crippen LogP contribution in [0.5, 0.6) is 5.75 Å². The van der Waals surface area contributed by atoms with Crippen molar-refractivity contribution in [3.63, 3.8) is 0 Å². The van der Waals surface area contributed by atoms with Gasteiger partial charge in [-0.25, -0.2) is 4.39 Å². The van der Waals surface area contributed by atoms with Gasteiger partial charge in [-0.3, -0.25) is 0 Å². The summed E-state index contributed by atoms with van der Waals surface area (Å²) in [5.41, 5.74) is 0.263. The third kappa shape index (κ3) is 2.94. The number of hydrogen-bond donors (Lipinski definition) is 1. The smallest absolute Gasteiger partial charge is 0.126 e. The number of nitrogens with one attached hydrogen (secondary N) is 1. The molecule has 2 nitrogen and oxygen atoms in total. The lowest BCUT2D eigenvalue weighted by atomic mass is 9.57. The monoisotopic (exact) mass is 291 g/mol. The molecule has 2 atom stereocenters. The van der Waals surface area contributed by atoms with Crippen molar-refractivity contribution in [2.24, 2.45) is 5.41 Å². The highest BCUT2D eigenvalue weighted by Crippen LogP contribution is 2.52. The standard InChI is InChI=1S/C18H26FNO/c1-2-20-16-13-17(18(16)10-5-3-4-6-11-18)21-15-9-7-8-14(19)12-15/h7-9,12,16-17,20H,2-6,10-11,13H2,1H3. The van der Waals surface area contributed by atoms with E-state index in [1.165, 1.54) is 50.7 Å². The molecule has 2 aliphatic rings. The van der Waals surface area contributed by atoms with Gasteiger partial charge in [0.25, 0.3) is 0 Å². The third-order valence-electron chi connectivity index (χ3n) is 5.34. The van der Waals surface area contributed by atoms with Gasteiger partial charge in [0.2, 0.25) is 0 Å². The molecule has 2 fully saturated rings. The van der Waals surface area contributed by atoms with Crippen LogP contribution in [0.25, 0.3) is 0 Å². The zero-order valence-corrected chi connectivity index (χ0v) is 12.9. The number of benzene rings is 1. The molecule has 2 unspecified atom stereocenters. The predicted molar refractivity (Wildman–Crippen MR) is 83.0 cm³/mol. The molecule has 2 saturated carbocycles. The van der Waals surface area contributed by atoms with Gasteiger partial charge in [-0.1, -0.05) is 38.7 Å². The lowest BCUT2D eigenvalue weighted by Gasteiger charge is -2.56. The maximum absolute atomic E-state index is 13.3. The summed E-state index contributed by atoms with van der Waals surface area (Å²) in [6.07, 6.45) is 9.04. The molecular formula is C18H26FNO. The molecule has 1 aromatic rings. The van der Waals surface area contributed by atoms with Crippen molar-refractivity contribution in [1.82, 2.24) is 5.32 Å². The first-order chi connectivity index (χ1) is 10.2. The molecule has 1 N–H and O–H groups in total. The van der Waals surface area contributed by atoms with Crippen LogP contribution in [0.3, 0.4) is 0 Å². The molecule has 3 heteroatoms. The number of halogens is 1. The van der Waals surface area contributed by atoms with E-state index in [1.54, 1.807) is 6.07 Å². The molecule has 0 saturated heterocycles. The first-order valence-electron chi connectivity index (χ1n) is 8.40. The van der Waals surface area contributed by atoms with Crippen LogP contribution >= 0.6 is 0 Å². The van der Waals surface area contributed by atoms with Gasteiger partial charge in [0.05, 0.1) is 0 Å². The van der Waals surface area contributed by atoms with Crippen molar-refractivity contribution >= 4 is 0 Å². The van der Waals surface area contributed by atoms with Crippen LogP contribution in [-0.4, -0.2) is 18.7 Å². The molecule has 0 aliphatic heterocycles. The van der Waals surface area contributed by atoms with E-state index >= 15 is 0 Å². The van der Waals surface area contributed by atoms with Crippen molar-refractivity contribution in [3.8, 4) is 5.75 Å². The zero-order chi connectivity index (χ0) is 14.7. The first kappa shape index (κ1) is 14.8. The molecular weight excluding hydrogens is 265 g/mol. The number of ether oxygens (including phenoxy) is 1. The highest BCUT2D eigenvalue weighted by molar-refractivity contribution is 5.24. The van der Waals surface area contributed by atoms with Crippen molar-refractivity contribution in [1.29, 1.82) is 0 Å². The van der Waals surface area contributed by atoms with Crippen LogP contribution < -0.4 is 10.1 Å². The van der Waals surface area contributed by atoms with Crippen LogP contribution in [0, 0.1) is 11.2 Å². The molecule has 0 bridgehead atoms. The van der Waals surface area contributed by atoms with Gasteiger partial charge >= 0.3 is 0 Å². The molecule has 0 heterocycles. The fourth-order valence-corrected chi connectivity index (χ4v) is 4.21. The van der Waals surface area contributed by atoms with Crippen molar-refractivity contribution in [2.75, 3.05) is 6.54 Å². The van der Waals surface area contributed by atoms with Crippen LogP contribution in [0.15, 0.2) is 24.3 Å².